The lowest BCUT2D eigenvalue weighted by molar-refractivity contribution is -0.384. The van der Waals surface area contributed by atoms with Crippen LogP contribution >= 0.6 is 0 Å². The van der Waals surface area contributed by atoms with Crippen LogP contribution in [-0.4, -0.2) is 30.6 Å². The summed E-state index contributed by atoms with van der Waals surface area (Å²) in [5.74, 6) is -0.344. The molecule has 1 amide bonds. The van der Waals surface area contributed by atoms with Gasteiger partial charge in [0.1, 0.15) is 6.10 Å². The highest BCUT2D eigenvalue weighted by Crippen LogP contribution is 2.18. The minimum Gasteiger partial charge on any atom is -0.370 e. The number of nitro groups is 1. The lowest BCUT2D eigenvalue weighted by atomic mass is 10.1. The third-order valence-electron chi connectivity index (χ3n) is 2.73. The number of ether oxygens (including phenoxy) is 1. The Balaban J connectivity index is 2.78. The molecule has 0 aliphatic carbocycles. The Bertz CT molecular complexity index is 460. The largest absolute Gasteiger partial charge is 0.370 e. The van der Waals surface area contributed by atoms with Gasteiger partial charge in [-0.2, -0.15) is 0 Å². The summed E-state index contributed by atoms with van der Waals surface area (Å²) in [7, 11) is 1.40. The van der Waals surface area contributed by atoms with E-state index in [0.717, 1.165) is 0 Å². The van der Waals surface area contributed by atoms with Gasteiger partial charge in [0, 0.05) is 25.8 Å². The molecule has 104 valence electrons. The van der Waals surface area contributed by atoms with Crippen LogP contribution in [0.3, 0.4) is 0 Å². The number of methoxy groups -OCH3 is 1. The number of rotatable bonds is 6. The van der Waals surface area contributed by atoms with E-state index in [1.54, 1.807) is 19.1 Å². The van der Waals surface area contributed by atoms with Crippen molar-refractivity contribution < 1.29 is 14.5 Å². The van der Waals surface area contributed by atoms with Crippen molar-refractivity contribution in [3.63, 3.8) is 0 Å². The monoisotopic (exact) mass is 267 g/mol. The molecule has 0 fully saturated rings. The lowest BCUT2D eigenvalue weighted by Crippen LogP contribution is -2.41. The molecule has 0 bridgehead atoms. The van der Waals surface area contributed by atoms with Gasteiger partial charge >= 0.3 is 0 Å². The van der Waals surface area contributed by atoms with Gasteiger partial charge in [0.05, 0.1) is 11.0 Å². The quantitative estimate of drug-likeness (QED) is 0.584. The molecule has 0 aliphatic rings. The normalized spacial score (nSPS) is 13.6. The summed E-state index contributed by atoms with van der Waals surface area (Å²) in [6, 6.07) is 5.75. The minimum absolute atomic E-state index is 0.0132. The number of amides is 1. The number of carbonyl (C=O) groups excluding carboxylic acids is 1. The molecule has 0 spiro atoms. The number of nitrogens with zero attached hydrogens (tertiary/aromatic N) is 1. The molecule has 19 heavy (non-hydrogen) atoms. The van der Waals surface area contributed by atoms with Gasteiger partial charge in [-0.1, -0.05) is 12.1 Å². The van der Waals surface area contributed by atoms with Gasteiger partial charge in [-0.25, -0.2) is 0 Å². The van der Waals surface area contributed by atoms with Crippen LogP contribution in [0, 0.1) is 10.1 Å². The zero-order valence-corrected chi connectivity index (χ0v) is 10.8. The van der Waals surface area contributed by atoms with Gasteiger partial charge in [-0.15, -0.1) is 0 Å². The van der Waals surface area contributed by atoms with Crippen LogP contribution in [0.15, 0.2) is 24.3 Å². The molecular weight excluding hydrogens is 250 g/mol. The lowest BCUT2D eigenvalue weighted by Gasteiger charge is -2.18. The first-order valence-electron chi connectivity index (χ1n) is 5.77. The van der Waals surface area contributed by atoms with E-state index in [1.807, 2.05) is 0 Å². The topological polar surface area (TPSA) is 107 Å². The summed E-state index contributed by atoms with van der Waals surface area (Å²) in [6.45, 7) is 1.81. The van der Waals surface area contributed by atoms with E-state index < -0.39 is 11.0 Å². The highest BCUT2D eigenvalue weighted by molar-refractivity contribution is 5.81. The van der Waals surface area contributed by atoms with E-state index in [9.17, 15) is 14.9 Å². The average molecular weight is 267 g/mol. The van der Waals surface area contributed by atoms with E-state index in [4.69, 9.17) is 10.5 Å². The number of nitrogens with one attached hydrogen (secondary N) is 1. The number of non-ortho nitro benzene ring substituents is 1. The SMILES string of the molecule is COC(CN)C(=O)NC(C)c1cccc([N+](=O)[O-])c1. The molecule has 0 aliphatic heterocycles. The van der Waals surface area contributed by atoms with Gasteiger partial charge in [0.25, 0.3) is 11.6 Å². The van der Waals surface area contributed by atoms with Crippen LogP contribution in [0.25, 0.3) is 0 Å². The predicted octanol–water partition coefficient (Wildman–Crippen LogP) is 0.746. The number of nitro benzene ring substituents is 1. The molecule has 7 heteroatoms. The van der Waals surface area contributed by atoms with Crippen molar-refractivity contribution in [3.05, 3.63) is 39.9 Å². The fourth-order valence-corrected chi connectivity index (χ4v) is 1.61. The van der Waals surface area contributed by atoms with Crippen LogP contribution in [0.4, 0.5) is 5.69 Å². The fraction of sp³-hybridized carbons (Fsp3) is 0.417. The van der Waals surface area contributed by atoms with Crippen molar-refractivity contribution in [2.45, 2.75) is 19.1 Å². The Kier molecular flexibility index (Phi) is 5.40. The molecule has 2 atom stereocenters. The van der Waals surface area contributed by atoms with Crippen molar-refractivity contribution in [3.8, 4) is 0 Å². The molecule has 1 aromatic rings. The molecule has 1 aromatic carbocycles. The predicted molar refractivity (Wildman–Crippen MR) is 69.5 cm³/mol. The smallest absolute Gasteiger partial charge is 0.269 e. The molecule has 2 unspecified atom stereocenters. The second-order valence-corrected chi connectivity index (χ2v) is 4.04. The van der Waals surface area contributed by atoms with Crippen molar-refractivity contribution in [2.75, 3.05) is 13.7 Å². The summed E-state index contributed by atoms with van der Waals surface area (Å²) in [6.07, 6.45) is -0.721. The number of benzene rings is 1. The third kappa shape index (κ3) is 4.01. The molecule has 0 saturated heterocycles. The summed E-state index contributed by atoms with van der Waals surface area (Å²) >= 11 is 0. The Morgan fingerprint density at radius 3 is 2.79 bits per heavy atom. The molecule has 0 radical (unpaired) electrons. The Hall–Kier alpha value is -1.99. The maximum atomic E-state index is 11.8. The zero-order chi connectivity index (χ0) is 14.4. The highest BCUT2D eigenvalue weighted by Gasteiger charge is 2.19. The number of hydrogen-bond acceptors (Lipinski definition) is 5. The highest BCUT2D eigenvalue weighted by atomic mass is 16.6. The molecule has 0 aromatic heterocycles. The van der Waals surface area contributed by atoms with Crippen molar-refractivity contribution >= 4 is 11.6 Å². The molecule has 1 rings (SSSR count). The third-order valence-corrected chi connectivity index (χ3v) is 2.73. The maximum absolute atomic E-state index is 11.8. The van der Waals surface area contributed by atoms with Crippen LogP contribution < -0.4 is 11.1 Å². The summed E-state index contributed by atoms with van der Waals surface area (Å²) in [5.41, 5.74) is 6.02. The van der Waals surface area contributed by atoms with Gasteiger partial charge < -0.3 is 15.8 Å². The zero-order valence-electron chi connectivity index (χ0n) is 10.8. The average Bonchev–Trinajstić information content (AvgIpc) is 2.40. The van der Waals surface area contributed by atoms with Crippen LogP contribution in [-0.2, 0) is 9.53 Å². The summed E-state index contributed by atoms with van der Waals surface area (Å²) < 4.78 is 4.91. The summed E-state index contributed by atoms with van der Waals surface area (Å²) in [5, 5.41) is 13.4. The fourth-order valence-electron chi connectivity index (χ4n) is 1.61. The van der Waals surface area contributed by atoms with Gasteiger partial charge in [-0.05, 0) is 12.5 Å². The van der Waals surface area contributed by atoms with Crippen LogP contribution in [0.1, 0.15) is 18.5 Å². The molecular formula is C12H17N3O4. The second kappa shape index (κ2) is 6.81. The van der Waals surface area contributed by atoms with Crippen LogP contribution in [0.5, 0.6) is 0 Å². The number of carbonyl (C=O) groups is 1. The standard InChI is InChI=1S/C12H17N3O4/c1-8(14-12(16)11(7-13)19-2)9-4-3-5-10(6-9)15(17)18/h3-6,8,11H,7,13H2,1-2H3,(H,14,16). The van der Waals surface area contributed by atoms with E-state index >= 15 is 0 Å². The van der Waals surface area contributed by atoms with Crippen molar-refractivity contribution in [2.24, 2.45) is 5.73 Å². The number of hydrogen-bond donors (Lipinski definition) is 2. The number of nitrogens with two attached hydrogens (primary N) is 1. The second-order valence-electron chi connectivity index (χ2n) is 4.04. The van der Waals surface area contributed by atoms with E-state index in [2.05, 4.69) is 5.32 Å². The first kappa shape index (κ1) is 15.1. The van der Waals surface area contributed by atoms with E-state index in [-0.39, 0.29) is 24.2 Å². The van der Waals surface area contributed by atoms with Gasteiger partial charge in [0.2, 0.25) is 0 Å². The molecule has 3 N–H and O–H groups in total. The molecule has 0 heterocycles. The van der Waals surface area contributed by atoms with Gasteiger partial charge in [-0.3, -0.25) is 14.9 Å². The van der Waals surface area contributed by atoms with Crippen molar-refractivity contribution in [1.29, 1.82) is 0 Å². The first-order valence-corrected chi connectivity index (χ1v) is 5.77. The Labute approximate surface area is 110 Å². The molecule has 0 saturated carbocycles. The van der Waals surface area contributed by atoms with Crippen LogP contribution in [0.2, 0.25) is 0 Å². The molecule has 7 nitrogen and oxygen atoms in total. The Morgan fingerprint density at radius 2 is 2.26 bits per heavy atom. The van der Waals surface area contributed by atoms with E-state index in [1.165, 1.54) is 19.2 Å². The minimum atomic E-state index is -0.721. The first-order chi connectivity index (χ1) is 8.99. The Morgan fingerprint density at radius 1 is 1.58 bits per heavy atom. The van der Waals surface area contributed by atoms with E-state index in [0.29, 0.717) is 5.56 Å². The maximum Gasteiger partial charge on any atom is 0.269 e. The van der Waals surface area contributed by atoms with Gasteiger partial charge in [0.15, 0.2) is 0 Å². The van der Waals surface area contributed by atoms with Crippen molar-refractivity contribution in [1.82, 2.24) is 5.32 Å². The summed E-state index contributed by atoms with van der Waals surface area (Å²) in [4.78, 5) is 22.0.